The molecule has 1 heterocycles. The molecule has 0 aliphatic carbocycles. The predicted octanol–water partition coefficient (Wildman–Crippen LogP) is 5.00. The van der Waals surface area contributed by atoms with Crippen LogP contribution in [0.3, 0.4) is 0 Å². The van der Waals surface area contributed by atoms with Crippen LogP contribution >= 0.6 is 23.4 Å². The van der Waals surface area contributed by atoms with Gasteiger partial charge in [-0.05, 0) is 35.9 Å². The molecule has 0 unspecified atom stereocenters. The van der Waals surface area contributed by atoms with Gasteiger partial charge in [0.1, 0.15) is 0 Å². The van der Waals surface area contributed by atoms with Gasteiger partial charge in [0.2, 0.25) is 0 Å². The van der Waals surface area contributed by atoms with Gasteiger partial charge in [-0.25, -0.2) is 10.4 Å². The SMILES string of the molecule is COc1cccc(/C=N/NC(=O)CSc2nc3ccccc3n2Cc2ccccc2Cl)c1OC. The lowest BCUT2D eigenvalue weighted by Gasteiger charge is -2.10. The maximum atomic E-state index is 12.5. The number of hydrogen-bond acceptors (Lipinski definition) is 6. The number of nitrogens with one attached hydrogen (secondary N) is 1. The zero-order chi connectivity index (χ0) is 23.9. The Bertz CT molecular complexity index is 1340. The first-order chi connectivity index (χ1) is 16.6. The molecule has 4 rings (SSSR count). The highest BCUT2D eigenvalue weighted by molar-refractivity contribution is 7.99. The number of aromatic nitrogens is 2. The molecule has 4 aromatic rings. The van der Waals surface area contributed by atoms with Gasteiger partial charge in [-0.15, -0.1) is 0 Å². The largest absolute Gasteiger partial charge is 0.493 e. The van der Waals surface area contributed by atoms with E-state index in [2.05, 4.69) is 15.1 Å². The molecule has 9 heteroatoms. The summed E-state index contributed by atoms with van der Waals surface area (Å²) in [6.45, 7) is 0.553. The van der Waals surface area contributed by atoms with E-state index in [-0.39, 0.29) is 11.7 Å². The van der Waals surface area contributed by atoms with Crippen molar-refractivity contribution in [2.45, 2.75) is 11.7 Å². The van der Waals surface area contributed by atoms with Crippen LogP contribution < -0.4 is 14.9 Å². The summed E-state index contributed by atoms with van der Waals surface area (Å²) in [6, 6.07) is 21.0. The van der Waals surface area contributed by atoms with Gasteiger partial charge in [0, 0.05) is 10.6 Å². The zero-order valence-corrected chi connectivity index (χ0v) is 20.3. The van der Waals surface area contributed by atoms with Crippen molar-refractivity contribution in [3.05, 3.63) is 82.9 Å². The van der Waals surface area contributed by atoms with Crippen LogP contribution in [-0.2, 0) is 11.3 Å². The first-order valence-electron chi connectivity index (χ1n) is 10.4. The molecule has 0 radical (unpaired) electrons. The molecule has 0 fully saturated rings. The van der Waals surface area contributed by atoms with Crippen LogP contribution in [0.25, 0.3) is 11.0 Å². The van der Waals surface area contributed by atoms with E-state index < -0.39 is 0 Å². The second-order valence-electron chi connectivity index (χ2n) is 7.23. The lowest BCUT2D eigenvalue weighted by atomic mass is 10.2. The molecule has 0 aliphatic heterocycles. The topological polar surface area (TPSA) is 77.7 Å². The standard InChI is InChI=1S/C25H23ClN4O3S/c1-32-22-13-7-9-17(24(22)33-2)14-27-29-23(31)16-34-25-28-20-11-5-6-12-21(20)30(25)15-18-8-3-4-10-19(18)26/h3-14H,15-16H2,1-2H3,(H,29,31)/b27-14+. The highest BCUT2D eigenvalue weighted by Crippen LogP contribution is 2.29. The number of fused-ring (bicyclic) bond motifs is 1. The van der Waals surface area contributed by atoms with Gasteiger partial charge in [0.05, 0.1) is 43.8 Å². The number of amides is 1. The van der Waals surface area contributed by atoms with Gasteiger partial charge in [-0.3, -0.25) is 4.79 Å². The Morgan fingerprint density at radius 2 is 1.88 bits per heavy atom. The van der Waals surface area contributed by atoms with Crippen molar-refractivity contribution in [1.82, 2.24) is 15.0 Å². The molecular formula is C25H23ClN4O3S. The molecule has 1 amide bonds. The summed E-state index contributed by atoms with van der Waals surface area (Å²) in [6.07, 6.45) is 1.52. The minimum Gasteiger partial charge on any atom is -0.493 e. The number of methoxy groups -OCH3 is 2. The van der Waals surface area contributed by atoms with Crippen LogP contribution in [0.5, 0.6) is 11.5 Å². The quantitative estimate of drug-likeness (QED) is 0.201. The second kappa shape index (κ2) is 11.1. The van der Waals surface area contributed by atoms with Gasteiger partial charge >= 0.3 is 0 Å². The van der Waals surface area contributed by atoms with Crippen molar-refractivity contribution in [3.8, 4) is 11.5 Å². The molecule has 0 atom stereocenters. The second-order valence-corrected chi connectivity index (χ2v) is 8.57. The first kappa shape index (κ1) is 23.7. The third-order valence-corrected chi connectivity index (χ3v) is 6.41. The van der Waals surface area contributed by atoms with Crippen LogP contribution in [0.15, 0.2) is 77.0 Å². The molecule has 174 valence electrons. The molecular weight excluding hydrogens is 472 g/mol. The van der Waals surface area contributed by atoms with Gasteiger partial charge < -0.3 is 14.0 Å². The Morgan fingerprint density at radius 1 is 1.09 bits per heavy atom. The number of thioether (sulfide) groups is 1. The summed E-state index contributed by atoms with van der Waals surface area (Å²) in [5.74, 6) is 1.04. The molecule has 0 bridgehead atoms. The number of ether oxygens (including phenoxy) is 2. The third-order valence-electron chi connectivity index (χ3n) is 5.06. The summed E-state index contributed by atoms with van der Waals surface area (Å²) in [5.41, 5.74) is 6.07. The average molecular weight is 495 g/mol. The molecule has 1 aromatic heterocycles. The number of nitrogens with zero attached hydrogens (tertiary/aromatic N) is 3. The van der Waals surface area contributed by atoms with Crippen LogP contribution in [0.2, 0.25) is 5.02 Å². The molecule has 0 spiro atoms. The average Bonchev–Trinajstić information content (AvgIpc) is 3.21. The van der Waals surface area contributed by atoms with Crippen molar-refractivity contribution in [2.75, 3.05) is 20.0 Å². The number of benzene rings is 3. The normalized spacial score (nSPS) is 11.1. The third kappa shape index (κ3) is 5.35. The maximum Gasteiger partial charge on any atom is 0.250 e. The summed E-state index contributed by atoms with van der Waals surface area (Å²) >= 11 is 7.73. The Balaban J connectivity index is 1.46. The van der Waals surface area contributed by atoms with Crippen molar-refractivity contribution in [2.24, 2.45) is 5.10 Å². The van der Waals surface area contributed by atoms with Crippen LogP contribution in [0.4, 0.5) is 0 Å². The monoisotopic (exact) mass is 494 g/mol. The molecule has 0 saturated heterocycles. The molecule has 0 saturated carbocycles. The molecule has 0 aliphatic rings. The van der Waals surface area contributed by atoms with Gasteiger partial charge in [-0.1, -0.05) is 59.8 Å². The Morgan fingerprint density at radius 3 is 2.68 bits per heavy atom. The van der Waals surface area contributed by atoms with E-state index in [1.165, 1.54) is 18.0 Å². The minimum atomic E-state index is -0.250. The number of halogens is 1. The Hall–Kier alpha value is -3.49. The lowest BCUT2D eigenvalue weighted by Crippen LogP contribution is -2.20. The fraction of sp³-hybridized carbons (Fsp3) is 0.160. The van der Waals surface area contributed by atoms with Crippen molar-refractivity contribution in [1.29, 1.82) is 0 Å². The highest BCUT2D eigenvalue weighted by Gasteiger charge is 2.14. The fourth-order valence-corrected chi connectivity index (χ4v) is 4.47. The van der Waals surface area contributed by atoms with E-state index in [0.29, 0.717) is 28.6 Å². The number of para-hydroxylation sites is 3. The number of hydrazone groups is 1. The molecule has 1 N–H and O–H groups in total. The van der Waals surface area contributed by atoms with Gasteiger partial charge in [-0.2, -0.15) is 5.10 Å². The number of carbonyl (C=O) groups is 1. The van der Waals surface area contributed by atoms with Crippen molar-refractivity contribution >= 4 is 46.5 Å². The number of hydrogen-bond donors (Lipinski definition) is 1. The predicted molar refractivity (Wildman–Crippen MR) is 136 cm³/mol. The summed E-state index contributed by atoms with van der Waals surface area (Å²) in [4.78, 5) is 17.2. The van der Waals surface area contributed by atoms with Crippen molar-refractivity contribution in [3.63, 3.8) is 0 Å². The summed E-state index contributed by atoms with van der Waals surface area (Å²) in [5, 5.41) is 5.49. The lowest BCUT2D eigenvalue weighted by molar-refractivity contribution is -0.118. The number of carbonyl (C=O) groups excluding carboxylic acids is 1. The van der Waals surface area contributed by atoms with E-state index in [4.69, 9.17) is 26.1 Å². The van der Waals surface area contributed by atoms with E-state index in [1.54, 1.807) is 20.3 Å². The van der Waals surface area contributed by atoms with Gasteiger partial charge in [0.25, 0.3) is 5.91 Å². The maximum absolute atomic E-state index is 12.5. The van der Waals surface area contributed by atoms with E-state index >= 15 is 0 Å². The Kier molecular flexibility index (Phi) is 7.72. The summed E-state index contributed by atoms with van der Waals surface area (Å²) < 4.78 is 12.7. The highest BCUT2D eigenvalue weighted by atomic mass is 35.5. The zero-order valence-electron chi connectivity index (χ0n) is 18.7. The number of rotatable bonds is 9. The minimum absolute atomic E-state index is 0.151. The van der Waals surface area contributed by atoms with Crippen LogP contribution in [0.1, 0.15) is 11.1 Å². The first-order valence-corrected chi connectivity index (χ1v) is 11.8. The summed E-state index contributed by atoms with van der Waals surface area (Å²) in [7, 11) is 3.12. The molecule has 34 heavy (non-hydrogen) atoms. The van der Waals surface area contributed by atoms with E-state index in [9.17, 15) is 4.79 Å². The van der Waals surface area contributed by atoms with Crippen LogP contribution in [-0.4, -0.2) is 41.6 Å². The fourth-order valence-electron chi connectivity index (χ4n) is 3.46. The Labute approximate surface area is 206 Å². The molecule has 7 nitrogen and oxygen atoms in total. The van der Waals surface area contributed by atoms with E-state index in [0.717, 1.165) is 21.8 Å². The smallest absolute Gasteiger partial charge is 0.250 e. The van der Waals surface area contributed by atoms with Crippen LogP contribution in [0, 0.1) is 0 Å². The molecule has 3 aromatic carbocycles. The number of imidazole rings is 1. The van der Waals surface area contributed by atoms with E-state index in [1.807, 2.05) is 60.7 Å². The van der Waals surface area contributed by atoms with Gasteiger partial charge in [0.15, 0.2) is 16.7 Å². The van der Waals surface area contributed by atoms with Crippen molar-refractivity contribution < 1.29 is 14.3 Å².